The Morgan fingerprint density at radius 2 is 2.21 bits per heavy atom. The Kier molecular flexibility index (Phi) is 6.61. The largest absolute Gasteiger partial charge is 0.496 e. The van der Waals surface area contributed by atoms with Crippen molar-refractivity contribution < 1.29 is 9.53 Å². The lowest BCUT2D eigenvalue weighted by Gasteiger charge is -2.09. The van der Waals surface area contributed by atoms with Crippen molar-refractivity contribution in [2.24, 2.45) is 4.99 Å². The molecule has 2 aromatic heterocycles. The zero-order valence-corrected chi connectivity index (χ0v) is 17.8. The molecule has 0 fully saturated rings. The highest BCUT2D eigenvalue weighted by Crippen LogP contribution is 2.36. The molecule has 0 saturated heterocycles. The molecule has 1 aromatic carbocycles. The molecule has 2 N–H and O–H groups in total. The van der Waals surface area contributed by atoms with Crippen molar-refractivity contribution in [1.29, 1.82) is 0 Å². The average Bonchev–Trinajstić information content (AvgIpc) is 3.25. The van der Waals surface area contributed by atoms with Crippen LogP contribution in [0.5, 0.6) is 5.75 Å². The molecular weight excluding hydrogens is 413 g/mol. The van der Waals surface area contributed by atoms with Crippen molar-refractivity contribution in [1.82, 2.24) is 14.8 Å². The number of ether oxygens (including phenoxy) is 1. The number of halogens is 2. The highest BCUT2D eigenvalue weighted by atomic mass is 35.5. The van der Waals surface area contributed by atoms with Crippen molar-refractivity contribution in [3.63, 3.8) is 0 Å². The maximum Gasteiger partial charge on any atom is 0.259 e. The molecule has 0 aliphatic rings. The number of anilines is 1. The number of nitrogens with zero attached hydrogens (tertiary/aromatic N) is 3. The Hall–Kier alpha value is -2.77. The van der Waals surface area contributed by atoms with E-state index in [-0.39, 0.29) is 5.91 Å². The zero-order chi connectivity index (χ0) is 21.0. The predicted molar refractivity (Wildman–Crippen MR) is 117 cm³/mol. The summed E-state index contributed by atoms with van der Waals surface area (Å²) in [5.41, 5.74) is 3.00. The smallest absolute Gasteiger partial charge is 0.259 e. The van der Waals surface area contributed by atoms with Crippen LogP contribution in [0.2, 0.25) is 5.02 Å². The fourth-order valence-electron chi connectivity index (χ4n) is 2.95. The number of amides is 1. The molecule has 0 aliphatic carbocycles. The van der Waals surface area contributed by atoms with Crippen LogP contribution >= 0.6 is 23.2 Å². The third-order valence-electron chi connectivity index (χ3n) is 4.17. The number of methoxy groups -OCH3 is 1. The monoisotopic (exact) mass is 433 g/mol. The lowest BCUT2D eigenvalue weighted by atomic mass is 10.1. The molecule has 1 amide bonds. The first-order chi connectivity index (χ1) is 14.0. The summed E-state index contributed by atoms with van der Waals surface area (Å²) in [7, 11) is 1.57. The van der Waals surface area contributed by atoms with Gasteiger partial charge in [-0.25, -0.2) is 4.99 Å². The number of aromatic amines is 1. The van der Waals surface area contributed by atoms with Gasteiger partial charge in [0.2, 0.25) is 0 Å². The van der Waals surface area contributed by atoms with Crippen molar-refractivity contribution >= 4 is 46.8 Å². The van der Waals surface area contributed by atoms with Gasteiger partial charge in [0.15, 0.2) is 0 Å². The van der Waals surface area contributed by atoms with Crippen LogP contribution in [-0.2, 0) is 6.54 Å². The summed E-state index contributed by atoms with van der Waals surface area (Å²) >= 11 is 12.1. The summed E-state index contributed by atoms with van der Waals surface area (Å²) in [5.74, 6) is 1.17. The molecule has 9 heteroatoms. The molecule has 152 valence electrons. The van der Waals surface area contributed by atoms with E-state index >= 15 is 0 Å². The maximum absolute atomic E-state index is 13.0. The van der Waals surface area contributed by atoms with Crippen LogP contribution in [0.25, 0.3) is 11.3 Å². The summed E-state index contributed by atoms with van der Waals surface area (Å²) < 4.78 is 7.12. The number of hydrogen-bond donors (Lipinski definition) is 2. The SMILES string of the molecule is CC=Nc1[nH]c(C)cc1C(=O)Nc1cn(CCCl)nc1-c1cc(Cl)ccc1OC. The molecule has 0 atom stereocenters. The van der Waals surface area contributed by atoms with Gasteiger partial charge in [-0.05, 0) is 38.1 Å². The first kappa shape index (κ1) is 21.0. The molecule has 29 heavy (non-hydrogen) atoms. The second-order valence-corrected chi connectivity index (χ2v) is 7.06. The molecule has 2 heterocycles. The summed E-state index contributed by atoms with van der Waals surface area (Å²) in [4.78, 5) is 20.3. The number of aromatic nitrogens is 3. The van der Waals surface area contributed by atoms with Gasteiger partial charge in [-0.2, -0.15) is 5.10 Å². The highest BCUT2D eigenvalue weighted by molar-refractivity contribution is 6.31. The average molecular weight is 434 g/mol. The van der Waals surface area contributed by atoms with Gasteiger partial charge in [0.25, 0.3) is 5.91 Å². The molecule has 3 rings (SSSR count). The number of carbonyl (C=O) groups excluding carboxylic acids is 1. The van der Waals surface area contributed by atoms with Gasteiger partial charge in [-0.1, -0.05) is 11.6 Å². The molecule has 0 aliphatic heterocycles. The molecule has 0 saturated carbocycles. The number of carbonyl (C=O) groups is 1. The quantitative estimate of drug-likeness (QED) is 0.403. The van der Waals surface area contributed by atoms with Gasteiger partial charge in [-0.3, -0.25) is 9.48 Å². The number of nitrogens with one attached hydrogen (secondary N) is 2. The van der Waals surface area contributed by atoms with E-state index < -0.39 is 0 Å². The van der Waals surface area contributed by atoms with E-state index in [4.69, 9.17) is 27.9 Å². The Morgan fingerprint density at radius 1 is 1.41 bits per heavy atom. The van der Waals surface area contributed by atoms with Gasteiger partial charge in [0.1, 0.15) is 17.3 Å². The second-order valence-electron chi connectivity index (χ2n) is 6.24. The van der Waals surface area contributed by atoms with Gasteiger partial charge < -0.3 is 15.0 Å². The van der Waals surface area contributed by atoms with E-state index in [2.05, 4.69) is 20.4 Å². The third kappa shape index (κ3) is 4.63. The van der Waals surface area contributed by atoms with Gasteiger partial charge >= 0.3 is 0 Å². The molecule has 7 nitrogen and oxygen atoms in total. The van der Waals surface area contributed by atoms with E-state index in [0.29, 0.717) is 51.5 Å². The predicted octanol–water partition coefficient (Wildman–Crippen LogP) is 5.06. The summed E-state index contributed by atoms with van der Waals surface area (Å²) in [6.07, 6.45) is 3.36. The standard InChI is InChI=1S/C20H21Cl2N5O2/c1-4-23-19-15(9-12(2)24-19)20(28)25-16-11-27(8-7-21)26-18(16)14-10-13(22)5-6-17(14)29-3/h4-6,9-11,24H,7-8H2,1-3H3,(H,25,28). The number of rotatable bonds is 7. The summed E-state index contributed by atoms with van der Waals surface area (Å²) in [5, 5.41) is 8.03. The Balaban J connectivity index is 2.04. The zero-order valence-electron chi connectivity index (χ0n) is 16.3. The number of benzene rings is 1. The van der Waals surface area contributed by atoms with Gasteiger partial charge in [0.05, 0.1) is 24.9 Å². The van der Waals surface area contributed by atoms with Crippen molar-refractivity contribution in [3.05, 3.63) is 46.7 Å². The fraction of sp³-hybridized carbons (Fsp3) is 0.250. The number of H-pyrrole nitrogens is 1. The number of aryl methyl sites for hydroxylation is 2. The third-order valence-corrected chi connectivity index (χ3v) is 4.58. The van der Waals surface area contributed by atoms with Crippen LogP contribution in [-0.4, -0.2) is 39.9 Å². The fourth-order valence-corrected chi connectivity index (χ4v) is 3.29. The Bertz CT molecular complexity index is 1060. The molecule has 0 radical (unpaired) electrons. The lowest BCUT2D eigenvalue weighted by molar-refractivity contribution is 0.102. The molecule has 0 unspecified atom stereocenters. The molecule has 3 aromatic rings. The van der Waals surface area contributed by atoms with Crippen molar-refractivity contribution in [2.75, 3.05) is 18.3 Å². The van der Waals surface area contributed by atoms with Gasteiger partial charge in [0, 0.05) is 34.6 Å². The van der Waals surface area contributed by atoms with Crippen LogP contribution in [0.15, 0.2) is 35.5 Å². The topological polar surface area (TPSA) is 84.3 Å². The van der Waals surface area contributed by atoms with Crippen LogP contribution in [0.4, 0.5) is 11.5 Å². The molecule has 0 bridgehead atoms. The van der Waals surface area contributed by atoms with Crippen LogP contribution in [0.3, 0.4) is 0 Å². The number of hydrogen-bond acceptors (Lipinski definition) is 4. The van der Waals surface area contributed by atoms with E-state index in [9.17, 15) is 4.79 Å². The summed E-state index contributed by atoms with van der Waals surface area (Å²) in [6, 6.07) is 6.99. The molecular formula is C20H21Cl2N5O2. The Morgan fingerprint density at radius 3 is 2.90 bits per heavy atom. The van der Waals surface area contributed by atoms with Crippen molar-refractivity contribution in [3.8, 4) is 17.0 Å². The summed E-state index contributed by atoms with van der Waals surface area (Å²) in [6.45, 7) is 4.14. The van der Waals surface area contributed by atoms with Gasteiger partial charge in [-0.15, -0.1) is 11.6 Å². The van der Waals surface area contributed by atoms with Crippen LogP contribution in [0.1, 0.15) is 23.0 Å². The van der Waals surface area contributed by atoms with E-state index in [1.807, 2.05) is 6.92 Å². The van der Waals surface area contributed by atoms with E-state index in [0.717, 1.165) is 5.69 Å². The van der Waals surface area contributed by atoms with E-state index in [1.165, 1.54) is 0 Å². The normalized spacial score (nSPS) is 11.2. The minimum atomic E-state index is -0.303. The minimum Gasteiger partial charge on any atom is -0.496 e. The van der Waals surface area contributed by atoms with Crippen molar-refractivity contribution in [2.45, 2.75) is 20.4 Å². The first-order valence-corrected chi connectivity index (χ1v) is 9.85. The van der Waals surface area contributed by atoms with Crippen LogP contribution < -0.4 is 10.1 Å². The number of aliphatic imine (C=N–C) groups is 1. The number of alkyl halides is 1. The molecule has 0 spiro atoms. The highest BCUT2D eigenvalue weighted by Gasteiger charge is 2.20. The minimum absolute atomic E-state index is 0.303. The first-order valence-electron chi connectivity index (χ1n) is 8.93. The second kappa shape index (κ2) is 9.15. The van der Waals surface area contributed by atoms with E-state index in [1.54, 1.807) is 55.4 Å². The Labute approximate surface area is 178 Å². The van der Waals surface area contributed by atoms with Crippen LogP contribution in [0, 0.1) is 6.92 Å². The lowest BCUT2D eigenvalue weighted by Crippen LogP contribution is -2.11. The maximum atomic E-state index is 13.0.